The van der Waals surface area contributed by atoms with Crippen LogP contribution in [0.3, 0.4) is 0 Å². The number of esters is 2. The van der Waals surface area contributed by atoms with Gasteiger partial charge in [0.05, 0.1) is 18.8 Å². The lowest BCUT2D eigenvalue weighted by molar-refractivity contribution is -0.166. The smallest absolute Gasteiger partial charge is 0.347 e. The van der Waals surface area contributed by atoms with Gasteiger partial charge < -0.3 is 19.7 Å². The number of hydrogen-bond donors (Lipinski definition) is 2. The topological polar surface area (TPSA) is 93.1 Å². The van der Waals surface area contributed by atoms with Crippen LogP contribution < -0.4 is 0 Å². The average molecular weight is 447 g/mol. The molecule has 0 unspecified atom stereocenters. The molecular formula is C26H38O6. The molecule has 0 heterocycles. The highest BCUT2D eigenvalue weighted by Crippen LogP contribution is 2.50. The van der Waals surface area contributed by atoms with E-state index in [0.29, 0.717) is 31.1 Å². The first kappa shape index (κ1) is 26.2. The minimum Gasteiger partial charge on any atom is -0.463 e. The van der Waals surface area contributed by atoms with Crippen LogP contribution in [0.25, 0.3) is 0 Å². The molecule has 6 atom stereocenters. The fourth-order valence-electron chi connectivity index (χ4n) is 4.75. The Labute approximate surface area is 192 Å². The van der Waals surface area contributed by atoms with Crippen molar-refractivity contribution in [2.45, 2.75) is 90.4 Å². The van der Waals surface area contributed by atoms with Gasteiger partial charge in [-0.05, 0) is 71.1 Å². The van der Waals surface area contributed by atoms with Crippen molar-refractivity contribution in [1.82, 2.24) is 0 Å². The Hall–Kier alpha value is -2.10. The highest BCUT2D eigenvalue weighted by molar-refractivity contribution is 5.78. The molecule has 0 aromatic rings. The molecule has 0 radical (unpaired) electrons. The lowest BCUT2D eigenvalue weighted by atomic mass is 9.90. The van der Waals surface area contributed by atoms with Gasteiger partial charge in [-0.3, -0.25) is 4.79 Å². The third kappa shape index (κ3) is 8.11. The van der Waals surface area contributed by atoms with E-state index in [-0.39, 0.29) is 31.0 Å². The van der Waals surface area contributed by atoms with E-state index in [1.165, 1.54) is 12.5 Å². The molecule has 178 valence electrons. The van der Waals surface area contributed by atoms with E-state index in [4.69, 9.17) is 9.47 Å². The SMILES string of the molecule is CC#CCC[C@H](O)/C=C/[C@@H]1[C@H]2C/C(=C/CCCC(=O)O[C@H](C)C(=O)OCC)C[C@H]2C[C@H]1O. The first-order valence-electron chi connectivity index (χ1n) is 11.8. The summed E-state index contributed by atoms with van der Waals surface area (Å²) in [5, 5.41) is 20.6. The molecule has 6 heteroatoms. The Bertz CT molecular complexity index is 743. The number of unbranched alkanes of at least 4 members (excludes halogenated alkanes) is 1. The quantitative estimate of drug-likeness (QED) is 0.218. The molecule has 2 N–H and O–H groups in total. The zero-order valence-corrected chi connectivity index (χ0v) is 19.6. The standard InChI is InChI=1S/C26H38O6/c1-4-6-7-11-21(27)13-14-22-23-16-19(15-20(23)17-24(22)28)10-8-9-12-25(29)32-18(3)26(30)31-5-2/h10,13-14,18,20-24,27-28H,5,7-9,11-12,15-17H2,1-3H3/b14-13+,19-10+/t18-,20+,21+,22-,23+,24-/m1/s1. The van der Waals surface area contributed by atoms with Crippen LogP contribution in [-0.4, -0.2) is 47.1 Å². The fraction of sp³-hybridized carbons (Fsp3) is 0.692. The number of allylic oxidation sites excluding steroid dienone is 2. The molecule has 6 nitrogen and oxygen atoms in total. The first-order chi connectivity index (χ1) is 15.3. The van der Waals surface area contributed by atoms with Crippen molar-refractivity contribution in [2.24, 2.45) is 17.8 Å². The third-order valence-electron chi connectivity index (χ3n) is 6.35. The van der Waals surface area contributed by atoms with Crippen LogP contribution in [0, 0.1) is 29.6 Å². The summed E-state index contributed by atoms with van der Waals surface area (Å²) in [5.74, 6) is 5.85. The number of aliphatic hydroxyl groups is 2. The van der Waals surface area contributed by atoms with Gasteiger partial charge in [0.1, 0.15) is 0 Å². The Kier molecular flexibility index (Phi) is 11.0. The van der Waals surface area contributed by atoms with Crippen LogP contribution in [0.5, 0.6) is 0 Å². The minimum absolute atomic E-state index is 0.0807. The van der Waals surface area contributed by atoms with Gasteiger partial charge in [-0.15, -0.1) is 11.8 Å². The first-order valence-corrected chi connectivity index (χ1v) is 11.8. The average Bonchev–Trinajstić information content (AvgIpc) is 3.26. The molecule has 2 aliphatic carbocycles. The number of carbonyl (C=O) groups is 2. The van der Waals surface area contributed by atoms with Crippen molar-refractivity contribution >= 4 is 11.9 Å². The number of ether oxygens (including phenoxy) is 2. The lowest BCUT2D eigenvalue weighted by Gasteiger charge is -2.17. The maximum absolute atomic E-state index is 11.9. The normalized spacial score (nSPS) is 27.6. The maximum atomic E-state index is 11.9. The van der Waals surface area contributed by atoms with Crippen molar-refractivity contribution in [1.29, 1.82) is 0 Å². The Morgan fingerprint density at radius 1 is 1.31 bits per heavy atom. The zero-order chi connectivity index (χ0) is 23.5. The van der Waals surface area contributed by atoms with Crippen molar-refractivity contribution in [2.75, 3.05) is 6.61 Å². The molecule has 0 aromatic carbocycles. The summed E-state index contributed by atoms with van der Waals surface area (Å²) < 4.78 is 9.94. The molecule has 2 fully saturated rings. The van der Waals surface area contributed by atoms with Crippen LogP contribution in [0.2, 0.25) is 0 Å². The molecule has 0 amide bonds. The van der Waals surface area contributed by atoms with Crippen LogP contribution >= 0.6 is 0 Å². The Morgan fingerprint density at radius 3 is 2.81 bits per heavy atom. The molecule has 0 aliphatic heterocycles. The molecule has 0 spiro atoms. The Morgan fingerprint density at radius 2 is 2.09 bits per heavy atom. The summed E-state index contributed by atoms with van der Waals surface area (Å²) in [6, 6.07) is 0. The molecule has 2 aliphatic rings. The summed E-state index contributed by atoms with van der Waals surface area (Å²) in [6.45, 7) is 5.29. The highest BCUT2D eigenvalue weighted by Gasteiger charge is 2.44. The third-order valence-corrected chi connectivity index (χ3v) is 6.35. The molecule has 32 heavy (non-hydrogen) atoms. The molecule has 0 bridgehead atoms. The van der Waals surface area contributed by atoms with Crippen LogP contribution in [0.4, 0.5) is 0 Å². The van der Waals surface area contributed by atoms with E-state index in [1.54, 1.807) is 13.8 Å². The van der Waals surface area contributed by atoms with E-state index in [0.717, 1.165) is 25.7 Å². The van der Waals surface area contributed by atoms with Crippen molar-refractivity contribution < 1.29 is 29.3 Å². The highest BCUT2D eigenvalue weighted by atomic mass is 16.6. The van der Waals surface area contributed by atoms with Gasteiger partial charge in [-0.2, -0.15) is 0 Å². The summed E-state index contributed by atoms with van der Waals surface area (Å²) in [5.41, 5.74) is 1.39. The van der Waals surface area contributed by atoms with Gasteiger partial charge >= 0.3 is 11.9 Å². The largest absolute Gasteiger partial charge is 0.463 e. The Balaban J connectivity index is 1.75. The predicted octanol–water partition coefficient (Wildman–Crippen LogP) is 3.71. The van der Waals surface area contributed by atoms with E-state index in [2.05, 4.69) is 17.9 Å². The monoisotopic (exact) mass is 446 g/mol. The minimum atomic E-state index is -0.871. The molecule has 0 saturated heterocycles. The second-order valence-corrected chi connectivity index (χ2v) is 8.77. The summed E-state index contributed by atoms with van der Waals surface area (Å²) in [6.07, 6.45) is 10.1. The van der Waals surface area contributed by atoms with Gasteiger partial charge in [-0.25, -0.2) is 4.79 Å². The predicted molar refractivity (Wildman–Crippen MR) is 122 cm³/mol. The van der Waals surface area contributed by atoms with Crippen molar-refractivity contribution in [3.63, 3.8) is 0 Å². The van der Waals surface area contributed by atoms with E-state index < -0.39 is 18.2 Å². The van der Waals surface area contributed by atoms with Gasteiger partial charge in [0.15, 0.2) is 6.10 Å². The zero-order valence-electron chi connectivity index (χ0n) is 19.6. The summed E-state index contributed by atoms with van der Waals surface area (Å²) in [4.78, 5) is 23.4. The fourth-order valence-corrected chi connectivity index (χ4v) is 4.75. The van der Waals surface area contributed by atoms with Crippen LogP contribution in [0.15, 0.2) is 23.8 Å². The number of rotatable bonds is 11. The van der Waals surface area contributed by atoms with Gasteiger partial charge in [0, 0.05) is 18.8 Å². The van der Waals surface area contributed by atoms with Crippen LogP contribution in [0.1, 0.15) is 72.1 Å². The molecule has 2 rings (SSSR count). The maximum Gasteiger partial charge on any atom is 0.347 e. The second-order valence-electron chi connectivity index (χ2n) is 8.77. The van der Waals surface area contributed by atoms with Crippen molar-refractivity contribution in [3.8, 4) is 11.8 Å². The van der Waals surface area contributed by atoms with Gasteiger partial charge in [0.2, 0.25) is 0 Å². The number of hydrogen-bond acceptors (Lipinski definition) is 6. The van der Waals surface area contributed by atoms with Gasteiger partial charge in [-0.1, -0.05) is 23.8 Å². The lowest BCUT2D eigenvalue weighted by Crippen LogP contribution is -2.26. The van der Waals surface area contributed by atoms with Crippen molar-refractivity contribution in [3.05, 3.63) is 23.8 Å². The van der Waals surface area contributed by atoms with E-state index >= 15 is 0 Å². The molecule has 2 saturated carbocycles. The van der Waals surface area contributed by atoms with Crippen LogP contribution in [-0.2, 0) is 19.1 Å². The number of fused-ring (bicyclic) bond motifs is 1. The van der Waals surface area contributed by atoms with Gasteiger partial charge in [0.25, 0.3) is 0 Å². The number of aliphatic hydroxyl groups excluding tert-OH is 2. The summed E-state index contributed by atoms with van der Waals surface area (Å²) >= 11 is 0. The molecule has 0 aromatic heterocycles. The second kappa shape index (κ2) is 13.4. The molecular weight excluding hydrogens is 408 g/mol. The number of carbonyl (C=O) groups excluding carboxylic acids is 2. The summed E-state index contributed by atoms with van der Waals surface area (Å²) in [7, 11) is 0. The van der Waals surface area contributed by atoms with E-state index in [1.807, 2.05) is 12.2 Å². The van der Waals surface area contributed by atoms with E-state index in [9.17, 15) is 19.8 Å².